The van der Waals surface area contributed by atoms with Crippen molar-refractivity contribution in [1.29, 1.82) is 0 Å². The van der Waals surface area contributed by atoms with Crippen molar-refractivity contribution >= 4 is 10.2 Å². The van der Waals surface area contributed by atoms with Crippen LogP contribution in [0.25, 0.3) is 0 Å². The molecular formula is C9H23N3O3S. The molecule has 0 atom stereocenters. The average Bonchev–Trinajstić information content (AvgIpc) is 2.18. The van der Waals surface area contributed by atoms with Crippen LogP contribution in [0, 0.1) is 0 Å². The topological polar surface area (TPSA) is 84.7 Å². The van der Waals surface area contributed by atoms with E-state index in [1.807, 2.05) is 0 Å². The first-order valence-corrected chi connectivity index (χ1v) is 6.72. The molecule has 0 bridgehead atoms. The molecule has 7 heteroatoms. The lowest BCUT2D eigenvalue weighted by atomic mass is 10.1. The monoisotopic (exact) mass is 253 g/mol. The van der Waals surface area contributed by atoms with Crippen LogP contribution < -0.4 is 10.5 Å². The van der Waals surface area contributed by atoms with Crippen LogP contribution in [-0.2, 0) is 14.9 Å². The van der Waals surface area contributed by atoms with Gasteiger partial charge in [-0.1, -0.05) is 6.92 Å². The first-order valence-electron chi connectivity index (χ1n) is 5.28. The standard InChI is InChI=1S/C9H23N3O3S/c1-5-12(9(2,3)8-10)16(13,14)11-6-7-15-4/h11H,5-8,10H2,1-4H3. The summed E-state index contributed by atoms with van der Waals surface area (Å²) in [4.78, 5) is 0. The van der Waals surface area contributed by atoms with Crippen molar-refractivity contribution in [3.05, 3.63) is 0 Å². The van der Waals surface area contributed by atoms with Gasteiger partial charge in [-0.05, 0) is 13.8 Å². The van der Waals surface area contributed by atoms with Crippen LogP contribution in [0.15, 0.2) is 0 Å². The third-order valence-electron chi connectivity index (χ3n) is 2.34. The summed E-state index contributed by atoms with van der Waals surface area (Å²) in [5.41, 5.74) is 4.99. The Bertz CT molecular complexity index is 290. The summed E-state index contributed by atoms with van der Waals surface area (Å²) >= 11 is 0. The van der Waals surface area contributed by atoms with Crippen LogP contribution >= 0.6 is 0 Å². The lowest BCUT2D eigenvalue weighted by Gasteiger charge is -2.35. The van der Waals surface area contributed by atoms with E-state index in [2.05, 4.69) is 4.72 Å². The predicted octanol–water partition coefficient (Wildman–Crippen LogP) is -0.474. The maximum absolute atomic E-state index is 11.9. The van der Waals surface area contributed by atoms with Gasteiger partial charge in [0, 0.05) is 32.3 Å². The van der Waals surface area contributed by atoms with Crippen molar-refractivity contribution in [3.8, 4) is 0 Å². The number of nitrogens with two attached hydrogens (primary N) is 1. The lowest BCUT2D eigenvalue weighted by Crippen LogP contribution is -2.55. The van der Waals surface area contributed by atoms with Crippen LogP contribution in [0.1, 0.15) is 20.8 Å². The van der Waals surface area contributed by atoms with Gasteiger partial charge in [-0.15, -0.1) is 0 Å². The number of methoxy groups -OCH3 is 1. The summed E-state index contributed by atoms with van der Waals surface area (Å²) in [6.45, 7) is 6.64. The zero-order chi connectivity index (χ0) is 12.8. The molecule has 0 saturated heterocycles. The summed E-state index contributed by atoms with van der Waals surface area (Å²) in [5, 5.41) is 0. The van der Waals surface area contributed by atoms with Gasteiger partial charge in [0.25, 0.3) is 10.2 Å². The summed E-state index contributed by atoms with van der Waals surface area (Å²) < 4.78 is 32.5. The van der Waals surface area contributed by atoms with E-state index in [0.717, 1.165) is 0 Å². The molecule has 0 aromatic heterocycles. The van der Waals surface area contributed by atoms with Crippen molar-refractivity contribution in [2.24, 2.45) is 5.73 Å². The fourth-order valence-electron chi connectivity index (χ4n) is 1.38. The molecule has 98 valence electrons. The smallest absolute Gasteiger partial charge is 0.280 e. The highest BCUT2D eigenvalue weighted by Gasteiger charge is 2.33. The third kappa shape index (κ3) is 4.34. The zero-order valence-corrected chi connectivity index (χ0v) is 11.3. The highest BCUT2D eigenvalue weighted by molar-refractivity contribution is 7.87. The second-order valence-electron chi connectivity index (χ2n) is 4.07. The molecule has 0 aromatic rings. The molecule has 0 unspecified atom stereocenters. The van der Waals surface area contributed by atoms with Crippen molar-refractivity contribution in [1.82, 2.24) is 9.03 Å². The molecule has 0 heterocycles. The van der Waals surface area contributed by atoms with E-state index in [9.17, 15) is 8.42 Å². The lowest BCUT2D eigenvalue weighted by molar-refractivity contribution is 0.201. The summed E-state index contributed by atoms with van der Waals surface area (Å²) in [6, 6.07) is 0. The highest BCUT2D eigenvalue weighted by atomic mass is 32.2. The van der Waals surface area contributed by atoms with Crippen molar-refractivity contribution < 1.29 is 13.2 Å². The number of nitrogens with zero attached hydrogens (tertiary/aromatic N) is 1. The van der Waals surface area contributed by atoms with Gasteiger partial charge >= 0.3 is 0 Å². The molecular weight excluding hydrogens is 230 g/mol. The average molecular weight is 253 g/mol. The van der Waals surface area contributed by atoms with Gasteiger partial charge in [0.05, 0.1) is 6.61 Å². The Balaban J connectivity index is 4.68. The van der Waals surface area contributed by atoms with Crippen LogP contribution in [-0.4, -0.2) is 51.6 Å². The third-order valence-corrected chi connectivity index (χ3v) is 4.24. The minimum Gasteiger partial charge on any atom is -0.383 e. The Morgan fingerprint density at radius 2 is 2.00 bits per heavy atom. The molecule has 6 nitrogen and oxygen atoms in total. The van der Waals surface area contributed by atoms with E-state index in [4.69, 9.17) is 10.5 Å². The first-order chi connectivity index (χ1) is 7.31. The number of hydrogen-bond acceptors (Lipinski definition) is 4. The number of nitrogens with one attached hydrogen (secondary N) is 1. The number of ether oxygens (including phenoxy) is 1. The van der Waals surface area contributed by atoms with E-state index in [1.165, 1.54) is 11.4 Å². The Kier molecular flexibility index (Phi) is 6.42. The quantitative estimate of drug-likeness (QED) is 0.573. The van der Waals surface area contributed by atoms with Gasteiger partial charge < -0.3 is 10.5 Å². The van der Waals surface area contributed by atoms with Crippen molar-refractivity contribution in [3.63, 3.8) is 0 Å². The molecule has 0 fully saturated rings. The SMILES string of the molecule is CCN(C(C)(C)CN)S(=O)(=O)NCCOC. The van der Waals surface area contributed by atoms with Gasteiger partial charge in [-0.2, -0.15) is 17.4 Å². The van der Waals surface area contributed by atoms with Crippen LogP contribution in [0.2, 0.25) is 0 Å². The van der Waals surface area contributed by atoms with E-state index >= 15 is 0 Å². The summed E-state index contributed by atoms with van der Waals surface area (Å²) in [6.07, 6.45) is 0. The second kappa shape index (κ2) is 6.51. The van der Waals surface area contributed by atoms with E-state index in [-0.39, 0.29) is 13.1 Å². The van der Waals surface area contributed by atoms with Crippen molar-refractivity contribution in [2.45, 2.75) is 26.3 Å². The summed E-state index contributed by atoms with van der Waals surface area (Å²) in [5.74, 6) is 0. The normalized spacial score (nSPS) is 13.4. The Morgan fingerprint density at radius 3 is 2.38 bits per heavy atom. The molecule has 0 amide bonds. The maximum atomic E-state index is 11.9. The fourth-order valence-corrected chi connectivity index (χ4v) is 2.94. The van der Waals surface area contributed by atoms with E-state index in [1.54, 1.807) is 20.8 Å². The molecule has 0 aliphatic heterocycles. The zero-order valence-electron chi connectivity index (χ0n) is 10.5. The van der Waals surface area contributed by atoms with Gasteiger partial charge in [0.1, 0.15) is 0 Å². The van der Waals surface area contributed by atoms with Crippen molar-refractivity contribution in [2.75, 3.05) is 33.4 Å². The van der Waals surface area contributed by atoms with Crippen LogP contribution in [0.3, 0.4) is 0 Å². The number of hydrogen-bond donors (Lipinski definition) is 2. The fraction of sp³-hybridized carbons (Fsp3) is 1.00. The molecule has 0 aromatic carbocycles. The molecule has 0 aliphatic carbocycles. The second-order valence-corrected chi connectivity index (χ2v) is 5.75. The Morgan fingerprint density at radius 1 is 1.44 bits per heavy atom. The molecule has 0 saturated carbocycles. The predicted molar refractivity (Wildman–Crippen MR) is 64.3 cm³/mol. The number of likely N-dealkylation sites (N-methyl/N-ethyl adjacent to an activating group) is 1. The molecule has 16 heavy (non-hydrogen) atoms. The van der Waals surface area contributed by atoms with Gasteiger partial charge in [-0.3, -0.25) is 0 Å². The van der Waals surface area contributed by atoms with E-state index in [0.29, 0.717) is 13.2 Å². The van der Waals surface area contributed by atoms with Crippen LogP contribution in [0.5, 0.6) is 0 Å². The first kappa shape index (κ1) is 15.8. The summed E-state index contributed by atoms with van der Waals surface area (Å²) in [7, 11) is -1.97. The molecule has 0 rings (SSSR count). The Hall–Kier alpha value is -0.210. The highest BCUT2D eigenvalue weighted by Crippen LogP contribution is 2.15. The minimum atomic E-state index is -3.49. The van der Waals surface area contributed by atoms with Crippen LogP contribution in [0.4, 0.5) is 0 Å². The maximum Gasteiger partial charge on any atom is 0.280 e. The van der Waals surface area contributed by atoms with Gasteiger partial charge in [0.2, 0.25) is 0 Å². The minimum absolute atomic E-state index is 0.260. The molecule has 0 radical (unpaired) electrons. The Labute approximate surface area is 98.3 Å². The number of rotatable bonds is 8. The largest absolute Gasteiger partial charge is 0.383 e. The molecule has 3 N–H and O–H groups in total. The van der Waals surface area contributed by atoms with Gasteiger partial charge in [0.15, 0.2) is 0 Å². The van der Waals surface area contributed by atoms with Gasteiger partial charge in [-0.25, -0.2) is 0 Å². The molecule has 0 spiro atoms. The molecule has 0 aliphatic rings. The van der Waals surface area contributed by atoms with E-state index < -0.39 is 15.7 Å².